The standard InChI is InChI=1S/C13H15BrN2S/c1-9(11-4-3-7-15-8-11)16-10(2)12-5-6-13(14)17-12/h3-10,16H,1-2H3/t9-,10?/m1/s1. The lowest BCUT2D eigenvalue weighted by atomic mass is 10.1. The van der Waals surface area contributed by atoms with Gasteiger partial charge in [0, 0.05) is 29.4 Å². The van der Waals surface area contributed by atoms with Crippen molar-refractivity contribution in [3.8, 4) is 0 Å². The minimum atomic E-state index is 0.305. The van der Waals surface area contributed by atoms with Gasteiger partial charge in [-0.25, -0.2) is 0 Å². The second kappa shape index (κ2) is 5.76. The fourth-order valence-electron chi connectivity index (χ4n) is 1.75. The van der Waals surface area contributed by atoms with Crippen molar-refractivity contribution in [2.24, 2.45) is 0 Å². The van der Waals surface area contributed by atoms with Crippen LogP contribution in [0.1, 0.15) is 36.4 Å². The van der Waals surface area contributed by atoms with Gasteiger partial charge in [0.1, 0.15) is 0 Å². The lowest BCUT2D eigenvalue weighted by molar-refractivity contribution is 0.499. The Hall–Kier alpha value is -0.710. The quantitative estimate of drug-likeness (QED) is 0.909. The number of aromatic nitrogens is 1. The molecule has 0 aromatic carbocycles. The molecule has 1 N–H and O–H groups in total. The molecule has 2 nitrogen and oxygen atoms in total. The molecule has 1 unspecified atom stereocenters. The molecular formula is C13H15BrN2S. The van der Waals surface area contributed by atoms with Crippen molar-refractivity contribution < 1.29 is 0 Å². The summed E-state index contributed by atoms with van der Waals surface area (Å²) in [5.41, 5.74) is 1.22. The van der Waals surface area contributed by atoms with E-state index in [1.54, 1.807) is 17.5 Å². The molecule has 0 amide bonds. The van der Waals surface area contributed by atoms with Gasteiger partial charge < -0.3 is 5.32 Å². The summed E-state index contributed by atoms with van der Waals surface area (Å²) in [4.78, 5) is 5.49. The molecule has 2 aromatic heterocycles. The molecule has 0 radical (unpaired) electrons. The van der Waals surface area contributed by atoms with E-state index in [1.807, 2.05) is 12.3 Å². The molecule has 17 heavy (non-hydrogen) atoms. The normalized spacial score (nSPS) is 14.5. The van der Waals surface area contributed by atoms with Crippen LogP contribution >= 0.6 is 27.3 Å². The van der Waals surface area contributed by atoms with Gasteiger partial charge in [-0.2, -0.15) is 0 Å². The molecule has 0 aliphatic carbocycles. The fraction of sp³-hybridized carbons (Fsp3) is 0.308. The molecule has 0 saturated carbocycles. The molecule has 0 aliphatic heterocycles. The number of halogens is 1. The highest BCUT2D eigenvalue weighted by atomic mass is 79.9. The van der Waals surface area contributed by atoms with Crippen LogP contribution in [-0.2, 0) is 0 Å². The van der Waals surface area contributed by atoms with Crippen LogP contribution in [0.15, 0.2) is 40.4 Å². The Bertz CT molecular complexity index is 469. The van der Waals surface area contributed by atoms with Gasteiger partial charge in [0.2, 0.25) is 0 Å². The van der Waals surface area contributed by atoms with Gasteiger partial charge in [0.05, 0.1) is 3.79 Å². The number of hydrogen-bond donors (Lipinski definition) is 1. The predicted octanol–water partition coefficient (Wildman–Crippen LogP) is 4.32. The zero-order chi connectivity index (χ0) is 12.3. The number of thiophene rings is 1. The summed E-state index contributed by atoms with van der Waals surface area (Å²) in [7, 11) is 0. The Morgan fingerprint density at radius 1 is 1.24 bits per heavy atom. The highest BCUT2D eigenvalue weighted by molar-refractivity contribution is 9.11. The first kappa shape index (κ1) is 12.7. The third kappa shape index (κ3) is 3.37. The van der Waals surface area contributed by atoms with Crippen LogP contribution in [0.5, 0.6) is 0 Å². The van der Waals surface area contributed by atoms with Crippen LogP contribution in [-0.4, -0.2) is 4.98 Å². The van der Waals surface area contributed by atoms with Crippen molar-refractivity contribution >= 4 is 27.3 Å². The second-order valence-corrected chi connectivity index (χ2v) is 6.53. The largest absolute Gasteiger partial charge is 0.303 e. The number of pyridine rings is 1. The smallest absolute Gasteiger partial charge is 0.0701 e. The molecule has 2 aromatic rings. The van der Waals surface area contributed by atoms with Crippen LogP contribution in [0.2, 0.25) is 0 Å². The summed E-state index contributed by atoms with van der Waals surface area (Å²) in [6, 6.07) is 8.97. The highest BCUT2D eigenvalue weighted by Crippen LogP contribution is 2.28. The SMILES string of the molecule is CC(N[C@H](C)c1cccnc1)c1ccc(Br)s1. The van der Waals surface area contributed by atoms with Gasteiger partial charge in [-0.3, -0.25) is 4.98 Å². The summed E-state index contributed by atoms with van der Waals surface area (Å²) < 4.78 is 1.18. The van der Waals surface area contributed by atoms with Crippen molar-refractivity contribution in [3.05, 3.63) is 50.9 Å². The van der Waals surface area contributed by atoms with E-state index in [-0.39, 0.29) is 0 Å². The predicted molar refractivity (Wildman–Crippen MR) is 76.2 cm³/mol. The molecule has 0 bridgehead atoms. The monoisotopic (exact) mass is 310 g/mol. The van der Waals surface area contributed by atoms with Crippen molar-refractivity contribution in [2.75, 3.05) is 0 Å². The molecule has 0 spiro atoms. The molecule has 4 heteroatoms. The van der Waals surface area contributed by atoms with Gasteiger partial charge in [-0.1, -0.05) is 6.07 Å². The van der Waals surface area contributed by atoms with Crippen molar-refractivity contribution in [1.29, 1.82) is 0 Å². The van der Waals surface area contributed by atoms with Crippen LogP contribution in [0.4, 0.5) is 0 Å². The Kier molecular flexibility index (Phi) is 4.31. The van der Waals surface area contributed by atoms with Gasteiger partial charge in [0.25, 0.3) is 0 Å². The maximum atomic E-state index is 4.15. The van der Waals surface area contributed by atoms with Gasteiger partial charge in [0.15, 0.2) is 0 Å². The molecule has 2 rings (SSSR count). The summed E-state index contributed by atoms with van der Waals surface area (Å²) in [6.45, 7) is 4.35. The molecule has 0 saturated heterocycles. The van der Waals surface area contributed by atoms with E-state index in [1.165, 1.54) is 14.2 Å². The summed E-state index contributed by atoms with van der Waals surface area (Å²) in [6.07, 6.45) is 3.71. The second-order valence-electron chi connectivity index (χ2n) is 4.04. The maximum absolute atomic E-state index is 4.15. The van der Waals surface area contributed by atoms with Crippen molar-refractivity contribution in [1.82, 2.24) is 10.3 Å². The summed E-state index contributed by atoms with van der Waals surface area (Å²) in [5.74, 6) is 0. The van der Waals surface area contributed by atoms with Crippen LogP contribution in [0, 0.1) is 0 Å². The minimum absolute atomic E-state index is 0.305. The molecule has 2 heterocycles. The average molecular weight is 311 g/mol. The highest BCUT2D eigenvalue weighted by Gasteiger charge is 2.12. The third-order valence-corrected chi connectivity index (χ3v) is 4.51. The zero-order valence-corrected chi connectivity index (χ0v) is 12.3. The first-order valence-corrected chi connectivity index (χ1v) is 7.19. The molecular weight excluding hydrogens is 296 g/mol. The Labute approximate surface area is 114 Å². The van der Waals surface area contributed by atoms with Crippen LogP contribution in [0.25, 0.3) is 0 Å². The van der Waals surface area contributed by atoms with E-state index in [2.05, 4.69) is 58.3 Å². The maximum Gasteiger partial charge on any atom is 0.0701 e. The number of rotatable bonds is 4. The summed E-state index contributed by atoms with van der Waals surface area (Å²) in [5, 5.41) is 3.58. The van der Waals surface area contributed by atoms with E-state index in [0.717, 1.165) is 0 Å². The summed E-state index contributed by atoms with van der Waals surface area (Å²) >= 11 is 5.26. The third-order valence-electron chi connectivity index (χ3n) is 2.71. The van der Waals surface area contributed by atoms with Gasteiger partial charge in [-0.15, -0.1) is 11.3 Å². The minimum Gasteiger partial charge on any atom is -0.303 e. The van der Waals surface area contributed by atoms with E-state index in [0.29, 0.717) is 12.1 Å². The van der Waals surface area contributed by atoms with E-state index >= 15 is 0 Å². The van der Waals surface area contributed by atoms with E-state index < -0.39 is 0 Å². The van der Waals surface area contributed by atoms with Crippen LogP contribution in [0.3, 0.4) is 0 Å². The number of nitrogens with one attached hydrogen (secondary N) is 1. The Morgan fingerprint density at radius 3 is 2.65 bits per heavy atom. The average Bonchev–Trinajstić information content (AvgIpc) is 2.77. The lowest BCUT2D eigenvalue weighted by Crippen LogP contribution is -2.21. The number of nitrogens with zero attached hydrogens (tertiary/aromatic N) is 1. The Morgan fingerprint density at radius 2 is 2.06 bits per heavy atom. The van der Waals surface area contributed by atoms with Gasteiger partial charge >= 0.3 is 0 Å². The van der Waals surface area contributed by atoms with E-state index in [9.17, 15) is 0 Å². The van der Waals surface area contributed by atoms with Crippen molar-refractivity contribution in [2.45, 2.75) is 25.9 Å². The molecule has 90 valence electrons. The van der Waals surface area contributed by atoms with Crippen molar-refractivity contribution in [3.63, 3.8) is 0 Å². The van der Waals surface area contributed by atoms with Gasteiger partial charge in [-0.05, 0) is 53.5 Å². The lowest BCUT2D eigenvalue weighted by Gasteiger charge is -2.19. The first-order valence-electron chi connectivity index (χ1n) is 5.58. The molecule has 0 aliphatic rings. The fourth-order valence-corrected chi connectivity index (χ4v) is 3.18. The van der Waals surface area contributed by atoms with E-state index in [4.69, 9.17) is 0 Å². The van der Waals surface area contributed by atoms with Crippen LogP contribution < -0.4 is 5.32 Å². The Balaban J connectivity index is 2.02. The molecule has 2 atom stereocenters. The zero-order valence-electron chi connectivity index (χ0n) is 9.85. The first-order chi connectivity index (χ1) is 8.16. The topological polar surface area (TPSA) is 24.9 Å². The molecule has 0 fully saturated rings. The number of hydrogen-bond acceptors (Lipinski definition) is 3.